The van der Waals surface area contributed by atoms with Crippen LogP contribution in [0.1, 0.15) is 18.4 Å². The minimum Gasteiger partial charge on any atom is -0.355 e. The molecule has 5 heterocycles. The van der Waals surface area contributed by atoms with Crippen molar-refractivity contribution in [2.75, 3.05) is 62.2 Å². The average molecular weight is 367 g/mol. The molecule has 0 aromatic carbocycles. The van der Waals surface area contributed by atoms with Crippen LogP contribution in [0.4, 0.5) is 11.8 Å². The molecule has 5 rings (SSSR count). The number of rotatable bonds is 4. The van der Waals surface area contributed by atoms with Gasteiger partial charge in [-0.15, -0.1) is 0 Å². The molecule has 0 radical (unpaired) electrons. The Morgan fingerprint density at radius 2 is 1.37 bits per heavy atom. The lowest BCUT2D eigenvalue weighted by Crippen LogP contribution is -2.36. The first-order chi connectivity index (χ1) is 13.3. The first-order valence-electron chi connectivity index (χ1n) is 10.4. The van der Waals surface area contributed by atoms with Gasteiger partial charge in [-0.3, -0.25) is 9.80 Å². The van der Waals surface area contributed by atoms with Crippen molar-refractivity contribution in [1.82, 2.24) is 19.8 Å². The Bertz CT molecular complexity index is 728. The SMILES string of the molecule is Cc1cnc(N2CCC(N3CC=CC3)C2)nc1N1CCC(N2CC=CC2)C1. The second-order valence-corrected chi connectivity index (χ2v) is 8.30. The van der Waals surface area contributed by atoms with E-state index in [9.17, 15) is 0 Å². The van der Waals surface area contributed by atoms with Crippen molar-refractivity contribution in [3.8, 4) is 0 Å². The Kier molecular flexibility index (Phi) is 4.61. The maximum absolute atomic E-state index is 5.03. The van der Waals surface area contributed by atoms with Gasteiger partial charge in [0.1, 0.15) is 5.82 Å². The van der Waals surface area contributed by atoms with E-state index in [4.69, 9.17) is 4.98 Å². The summed E-state index contributed by atoms with van der Waals surface area (Å²) in [6, 6.07) is 1.28. The van der Waals surface area contributed by atoms with Crippen LogP contribution in [0.2, 0.25) is 0 Å². The van der Waals surface area contributed by atoms with E-state index in [0.717, 1.165) is 64.1 Å². The number of anilines is 2. The number of aromatic nitrogens is 2. The summed E-state index contributed by atoms with van der Waals surface area (Å²) < 4.78 is 0. The Labute approximate surface area is 162 Å². The third-order valence-corrected chi connectivity index (χ3v) is 6.57. The molecule has 0 saturated carbocycles. The highest BCUT2D eigenvalue weighted by molar-refractivity contribution is 5.51. The van der Waals surface area contributed by atoms with E-state index >= 15 is 0 Å². The predicted molar refractivity (Wildman–Crippen MR) is 109 cm³/mol. The summed E-state index contributed by atoms with van der Waals surface area (Å²) >= 11 is 0. The van der Waals surface area contributed by atoms with Gasteiger partial charge < -0.3 is 9.80 Å². The van der Waals surface area contributed by atoms with Gasteiger partial charge in [0.15, 0.2) is 0 Å². The largest absolute Gasteiger partial charge is 0.355 e. The van der Waals surface area contributed by atoms with Crippen LogP contribution in [0.3, 0.4) is 0 Å². The predicted octanol–water partition coefficient (Wildman–Crippen LogP) is 1.69. The van der Waals surface area contributed by atoms with Crippen LogP contribution in [0, 0.1) is 6.92 Å². The quantitative estimate of drug-likeness (QED) is 0.755. The van der Waals surface area contributed by atoms with Gasteiger partial charge in [-0.1, -0.05) is 24.3 Å². The van der Waals surface area contributed by atoms with Gasteiger partial charge in [0.2, 0.25) is 5.95 Å². The minimum atomic E-state index is 0.632. The molecule has 0 N–H and O–H groups in total. The first-order valence-corrected chi connectivity index (χ1v) is 10.4. The molecule has 0 aliphatic carbocycles. The van der Waals surface area contributed by atoms with Crippen LogP contribution in [0.15, 0.2) is 30.5 Å². The van der Waals surface area contributed by atoms with Gasteiger partial charge in [0.25, 0.3) is 0 Å². The fourth-order valence-electron chi connectivity index (χ4n) is 4.94. The lowest BCUT2D eigenvalue weighted by atomic mass is 10.2. The molecular formula is C21H30N6. The van der Waals surface area contributed by atoms with Crippen molar-refractivity contribution >= 4 is 11.8 Å². The molecule has 6 heteroatoms. The third kappa shape index (κ3) is 3.36. The fraction of sp³-hybridized carbons (Fsp3) is 0.619. The highest BCUT2D eigenvalue weighted by atomic mass is 15.3. The number of nitrogens with zero attached hydrogens (tertiary/aromatic N) is 6. The van der Waals surface area contributed by atoms with E-state index in [1.807, 2.05) is 6.20 Å². The van der Waals surface area contributed by atoms with Crippen LogP contribution in [0.5, 0.6) is 0 Å². The molecule has 0 amide bonds. The first kappa shape index (κ1) is 17.2. The van der Waals surface area contributed by atoms with Gasteiger partial charge in [-0.25, -0.2) is 4.98 Å². The summed E-state index contributed by atoms with van der Waals surface area (Å²) in [5.41, 5.74) is 1.19. The summed E-state index contributed by atoms with van der Waals surface area (Å²) in [5, 5.41) is 0. The highest BCUT2D eigenvalue weighted by Crippen LogP contribution is 2.28. The number of hydrogen-bond donors (Lipinski definition) is 0. The molecule has 6 nitrogen and oxygen atoms in total. The van der Waals surface area contributed by atoms with E-state index < -0.39 is 0 Å². The van der Waals surface area contributed by atoms with E-state index in [0.29, 0.717) is 12.1 Å². The van der Waals surface area contributed by atoms with Crippen molar-refractivity contribution in [1.29, 1.82) is 0 Å². The Balaban J connectivity index is 1.27. The zero-order chi connectivity index (χ0) is 18.2. The summed E-state index contributed by atoms with van der Waals surface area (Å²) in [7, 11) is 0. The maximum atomic E-state index is 5.03. The van der Waals surface area contributed by atoms with E-state index in [1.165, 1.54) is 18.4 Å². The fourth-order valence-corrected chi connectivity index (χ4v) is 4.94. The van der Waals surface area contributed by atoms with Crippen LogP contribution in [0.25, 0.3) is 0 Å². The van der Waals surface area contributed by atoms with Gasteiger partial charge >= 0.3 is 0 Å². The van der Waals surface area contributed by atoms with Crippen molar-refractivity contribution in [2.24, 2.45) is 0 Å². The molecule has 2 fully saturated rings. The summed E-state index contributed by atoms with van der Waals surface area (Å²) in [6.45, 7) is 10.8. The second-order valence-electron chi connectivity index (χ2n) is 8.30. The lowest BCUT2D eigenvalue weighted by Gasteiger charge is -2.26. The van der Waals surface area contributed by atoms with Crippen molar-refractivity contribution < 1.29 is 0 Å². The standard InChI is InChI=1S/C21H30N6/c1-17-14-22-21(27-13-7-19(16-27)25-10-4-5-11-25)23-20(17)26-12-6-18(15-26)24-8-2-3-9-24/h2-5,14,18-19H,6-13,15-16H2,1H3. The van der Waals surface area contributed by atoms with E-state index in [2.05, 4.69) is 55.8 Å². The van der Waals surface area contributed by atoms with E-state index in [-0.39, 0.29) is 0 Å². The second kappa shape index (κ2) is 7.24. The smallest absolute Gasteiger partial charge is 0.227 e. The van der Waals surface area contributed by atoms with Crippen molar-refractivity contribution in [3.63, 3.8) is 0 Å². The molecule has 2 saturated heterocycles. The van der Waals surface area contributed by atoms with Gasteiger partial charge in [0.05, 0.1) is 0 Å². The van der Waals surface area contributed by atoms with Gasteiger partial charge in [0, 0.05) is 76.2 Å². The van der Waals surface area contributed by atoms with Crippen molar-refractivity contribution in [2.45, 2.75) is 31.8 Å². The number of hydrogen-bond acceptors (Lipinski definition) is 6. The Hall–Kier alpha value is -1.92. The summed E-state index contributed by atoms with van der Waals surface area (Å²) in [4.78, 5) is 19.7. The Morgan fingerprint density at radius 1 is 0.815 bits per heavy atom. The number of aryl methyl sites for hydroxylation is 1. The Morgan fingerprint density at radius 3 is 2.00 bits per heavy atom. The van der Waals surface area contributed by atoms with Gasteiger partial charge in [-0.2, -0.15) is 4.98 Å². The van der Waals surface area contributed by atoms with Gasteiger partial charge in [-0.05, 0) is 19.8 Å². The monoisotopic (exact) mass is 366 g/mol. The zero-order valence-electron chi connectivity index (χ0n) is 16.3. The van der Waals surface area contributed by atoms with Crippen LogP contribution in [-0.2, 0) is 0 Å². The molecule has 0 bridgehead atoms. The summed E-state index contributed by atoms with van der Waals surface area (Å²) in [6.07, 6.45) is 13.6. The van der Waals surface area contributed by atoms with Crippen LogP contribution >= 0.6 is 0 Å². The van der Waals surface area contributed by atoms with Crippen LogP contribution < -0.4 is 9.80 Å². The third-order valence-electron chi connectivity index (χ3n) is 6.57. The average Bonchev–Trinajstić information content (AvgIpc) is 3.50. The van der Waals surface area contributed by atoms with E-state index in [1.54, 1.807) is 0 Å². The molecule has 0 spiro atoms. The molecular weight excluding hydrogens is 336 g/mol. The molecule has 144 valence electrons. The normalized spacial score (nSPS) is 28.9. The lowest BCUT2D eigenvalue weighted by molar-refractivity contribution is 0.271. The minimum absolute atomic E-state index is 0.632. The topological polar surface area (TPSA) is 38.7 Å². The van der Waals surface area contributed by atoms with Crippen LogP contribution in [-0.4, -0.2) is 84.2 Å². The molecule has 1 aromatic heterocycles. The molecule has 4 aliphatic rings. The zero-order valence-corrected chi connectivity index (χ0v) is 16.3. The van der Waals surface area contributed by atoms with Crippen molar-refractivity contribution in [3.05, 3.63) is 36.1 Å². The molecule has 27 heavy (non-hydrogen) atoms. The molecule has 1 aromatic rings. The molecule has 2 atom stereocenters. The molecule has 2 unspecified atom stereocenters. The highest BCUT2D eigenvalue weighted by Gasteiger charge is 2.32. The summed E-state index contributed by atoms with van der Waals surface area (Å²) in [5.74, 6) is 2.05. The maximum Gasteiger partial charge on any atom is 0.227 e. The molecule has 4 aliphatic heterocycles.